The molecule has 0 amide bonds. The van der Waals surface area contributed by atoms with Crippen molar-refractivity contribution >= 4 is 28.7 Å². The Morgan fingerprint density at radius 3 is 2.61 bits per heavy atom. The molecule has 1 heterocycles. The van der Waals surface area contributed by atoms with Gasteiger partial charge in [-0.15, -0.1) is 0 Å². The predicted molar refractivity (Wildman–Crippen MR) is 94.0 cm³/mol. The zero-order valence-electron chi connectivity index (χ0n) is 12.2. The van der Waals surface area contributed by atoms with Crippen molar-refractivity contribution in [1.29, 1.82) is 0 Å². The number of halogens is 1. The molecule has 0 aliphatic rings. The predicted octanol–water partition coefficient (Wildman–Crippen LogP) is 3.88. The van der Waals surface area contributed by atoms with Crippen LogP contribution in [0.15, 0.2) is 67.0 Å². The van der Waals surface area contributed by atoms with Crippen LogP contribution >= 0.6 is 12.2 Å². The normalized spacial score (nSPS) is 10.3. The summed E-state index contributed by atoms with van der Waals surface area (Å²) in [5.74, 6) is -0.249. The first-order valence-electron chi connectivity index (χ1n) is 7.09. The zero-order valence-corrected chi connectivity index (χ0v) is 13.1. The van der Waals surface area contributed by atoms with Crippen LogP contribution in [0.3, 0.4) is 0 Å². The van der Waals surface area contributed by atoms with Crippen LogP contribution in [-0.4, -0.2) is 14.9 Å². The highest BCUT2D eigenvalue weighted by molar-refractivity contribution is 7.80. The summed E-state index contributed by atoms with van der Waals surface area (Å²) in [4.78, 5) is 0. The first-order valence-corrected chi connectivity index (χ1v) is 7.50. The molecule has 0 spiro atoms. The SMILES string of the molecule is Fc1cccc(Cn2cc(NC(=S)Nc3ccccc3)cn2)c1. The number of anilines is 2. The number of thiocarbonyl (C=S) groups is 1. The molecule has 0 unspecified atom stereocenters. The molecule has 3 aromatic rings. The Bertz CT molecular complexity index is 801. The topological polar surface area (TPSA) is 41.9 Å². The van der Waals surface area contributed by atoms with Gasteiger partial charge in [-0.25, -0.2) is 4.39 Å². The van der Waals surface area contributed by atoms with Gasteiger partial charge in [-0.05, 0) is 42.0 Å². The van der Waals surface area contributed by atoms with Gasteiger partial charge in [-0.2, -0.15) is 5.10 Å². The van der Waals surface area contributed by atoms with E-state index in [1.165, 1.54) is 12.1 Å². The number of benzene rings is 2. The van der Waals surface area contributed by atoms with Crippen LogP contribution in [0, 0.1) is 5.82 Å². The third-order valence-electron chi connectivity index (χ3n) is 3.16. The Hall–Kier alpha value is -2.73. The molecule has 0 aliphatic heterocycles. The Kier molecular flexibility index (Phi) is 4.63. The fourth-order valence-electron chi connectivity index (χ4n) is 2.15. The summed E-state index contributed by atoms with van der Waals surface area (Å²) in [6.45, 7) is 0.498. The largest absolute Gasteiger partial charge is 0.332 e. The second-order valence-electron chi connectivity index (χ2n) is 5.00. The summed E-state index contributed by atoms with van der Waals surface area (Å²) in [5.41, 5.74) is 2.54. The third kappa shape index (κ3) is 4.37. The molecule has 0 atom stereocenters. The lowest BCUT2D eigenvalue weighted by atomic mass is 10.2. The van der Waals surface area contributed by atoms with Gasteiger partial charge in [0, 0.05) is 11.9 Å². The Morgan fingerprint density at radius 1 is 1.04 bits per heavy atom. The molecule has 0 fully saturated rings. The van der Waals surface area contributed by atoms with Gasteiger partial charge in [0.15, 0.2) is 5.11 Å². The quantitative estimate of drug-likeness (QED) is 0.714. The lowest BCUT2D eigenvalue weighted by molar-refractivity contribution is 0.619. The van der Waals surface area contributed by atoms with Crippen molar-refractivity contribution in [3.05, 3.63) is 78.4 Å². The highest BCUT2D eigenvalue weighted by Crippen LogP contribution is 2.11. The van der Waals surface area contributed by atoms with E-state index in [0.717, 1.165) is 16.9 Å². The van der Waals surface area contributed by atoms with Crippen molar-refractivity contribution in [1.82, 2.24) is 9.78 Å². The van der Waals surface area contributed by atoms with Crippen LogP contribution in [-0.2, 0) is 6.54 Å². The maximum Gasteiger partial charge on any atom is 0.175 e. The van der Waals surface area contributed by atoms with Gasteiger partial charge in [0.25, 0.3) is 0 Å². The number of rotatable bonds is 4. The lowest BCUT2D eigenvalue weighted by Crippen LogP contribution is -2.18. The number of para-hydroxylation sites is 1. The van der Waals surface area contributed by atoms with Crippen LogP contribution in [0.4, 0.5) is 15.8 Å². The number of nitrogens with one attached hydrogen (secondary N) is 2. The lowest BCUT2D eigenvalue weighted by Gasteiger charge is -2.08. The summed E-state index contributed by atoms with van der Waals surface area (Å²) in [5, 5.41) is 10.9. The minimum Gasteiger partial charge on any atom is -0.332 e. The van der Waals surface area contributed by atoms with E-state index in [1.807, 2.05) is 42.6 Å². The van der Waals surface area contributed by atoms with Crippen LogP contribution in [0.25, 0.3) is 0 Å². The van der Waals surface area contributed by atoms with Crippen molar-refractivity contribution in [2.24, 2.45) is 0 Å². The average Bonchev–Trinajstić information content (AvgIpc) is 2.95. The van der Waals surface area contributed by atoms with Crippen molar-refractivity contribution < 1.29 is 4.39 Å². The van der Waals surface area contributed by atoms with Crippen LogP contribution in [0.2, 0.25) is 0 Å². The van der Waals surface area contributed by atoms with Crippen LogP contribution in [0.1, 0.15) is 5.56 Å². The molecule has 6 heteroatoms. The molecular formula is C17H15FN4S. The molecule has 0 radical (unpaired) electrons. The minimum atomic E-state index is -0.249. The molecule has 2 N–H and O–H groups in total. The molecule has 116 valence electrons. The van der Waals surface area contributed by atoms with Gasteiger partial charge >= 0.3 is 0 Å². The number of hydrogen-bond donors (Lipinski definition) is 2. The zero-order chi connectivity index (χ0) is 16.1. The van der Waals surface area contributed by atoms with Gasteiger partial charge in [0.2, 0.25) is 0 Å². The molecular weight excluding hydrogens is 311 g/mol. The molecule has 3 rings (SSSR count). The molecule has 0 bridgehead atoms. The Morgan fingerprint density at radius 2 is 1.83 bits per heavy atom. The first-order chi connectivity index (χ1) is 11.2. The monoisotopic (exact) mass is 326 g/mol. The van der Waals surface area contributed by atoms with E-state index >= 15 is 0 Å². The number of aromatic nitrogens is 2. The molecule has 4 nitrogen and oxygen atoms in total. The van der Waals surface area contributed by atoms with Crippen molar-refractivity contribution in [3.8, 4) is 0 Å². The van der Waals surface area contributed by atoms with Crippen molar-refractivity contribution in [2.45, 2.75) is 6.54 Å². The summed E-state index contributed by atoms with van der Waals surface area (Å²) >= 11 is 5.27. The van der Waals surface area contributed by atoms with E-state index in [0.29, 0.717) is 11.7 Å². The number of nitrogens with zero attached hydrogens (tertiary/aromatic N) is 2. The van der Waals surface area contributed by atoms with Gasteiger partial charge < -0.3 is 10.6 Å². The van der Waals surface area contributed by atoms with Gasteiger partial charge in [0.1, 0.15) is 5.82 Å². The first kappa shape index (κ1) is 15.2. The van der Waals surface area contributed by atoms with Crippen molar-refractivity contribution in [3.63, 3.8) is 0 Å². The summed E-state index contributed by atoms with van der Waals surface area (Å²) < 4.78 is 14.9. The minimum absolute atomic E-state index is 0.249. The Labute approximate surface area is 139 Å². The molecule has 2 aromatic carbocycles. The molecule has 23 heavy (non-hydrogen) atoms. The second-order valence-corrected chi connectivity index (χ2v) is 5.41. The standard InChI is InChI=1S/C17H15FN4S/c18-14-6-4-5-13(9-14)11-22-12-16(10-19-22)21-17(23)20-15-7-2-1-3-8-15/h1-10,12H,11H2,(H2,20,21,23). The maximum absolute atomic E-state index is 13.2. The highest BCUT2D eigenvalue weighted by atomic mass is 32.1. The highest BCUT2D eigenvalue weighted by Gasteiger charge is 2.03. The van der Waals surface area contributed by atoms with Gasteiger partial charge in [0.05, 0.1) is 18.4 Å². The third-order valence-corrected chi connectivity index (χ3v) is 3.36. The summed E-state index contributed by atoms with van der Waals surface area (Å²) in [7, 11) is 0. The van der Waals surface area contributed by atoms with Crippen molar-refractivity contribution in [2.75, 3.05) is 10.6 Å². The molecule has 1 aromatic heterocycles. The fourth-order valence-corrected chi connectivity index (χ4v) is 2.39. The smallest absolute Gasteiger partial charge is 0.175 e. The molecule has 0 aliphatic carbocycles. The number of hydrogen-bond acceptors (Lipinski definition) is 2. The van der Waals surface area contributed by atoms with E-state index in [9.17, 15) is 4.39 Å². The summed E-state index contributed by atoms with van der Waals surface area (Å²) in [6.07, 6.45) is 3.50. The summed E-state index contributed by atoms with van der Waals surface area (Å²) in [6, 6.07) is 16.1. The van der Waals surface area contributed by atoms with Crippen LogP contribution < -0.4 is 10.6 Å². The molecule has 0 saturated heterocycles. The van der Waals surface area contributed by atoms with Gasteiger partial charge in [-0.3, -0.25) is 4.68 Å². The molecule has 0 saturated carbocycles. The maximum atomic E-state index is 13.2. The van der Waals surface area contributed by atoms with E-state index in [-0.39, 0.29) is 5.82 Å². The van der Waals surface area contributed by atoms with Crippen LogP contribution in [0.5, 0.6) is 0 Å². The fraction of sp³-hybridized carbons (Fsp3) is 0.0588. The van der Waals surface area contributed by atoms with E-state index in [2.05, 4.69) is 15.7 Å². The average molecular weight is 326 g/mol. The van der Waals surface area contributed by atoms with E-state index in [4.69, 9.17) is 12.2 Å². The Balaban J connectivity index is 1.60. The van der Waals surface area contributed by atoms with E-state index < -0.39 is 0 Å². The second kappa shape index (κ2) is 7.02. The van der Waals surface area contributed by atoms with E-state index in [1.54, 1.807) is 16.9 Å². The van der Waals surface area contributed by atoms with Gasteiger partial charge in [-0.1, -0.05) is 30.3 Å².